The molecule has 1 aromatic rings. The van der Waals surface area contributed by atoms with Crippen LogP contribution in [0.3, 0.4) is 0 Å². The van der Waals surface area contributed by atoms with E-state index < -0.39 is 0 Å². The number of amides is 1. The van der Waals surface area contributed by atoms with E-state index in [-0.39, 0.29) is 23.6 Å². The van der Waals surface area contributed by atoms with Crippen LogP contribution in [0.2, 0.25) is 0 Å². The van der Waals surface area contributed by atoms with Crippen LogP contribution in [0.25, 0.3) is 0 Å². The largest absolute Gasteiger partial charge is 0.393 e. The van der Waals surface area contributed by atoms with Gasteiger partial charge < -0.3 is 10.4 Å². The van der Waals surface area contributed by atoms with Crippen LogP contribution < -0.4 is 5.32 Å². The predicted octanol–water partition coefficient (Wildman–Crippen LogP) is 1.76. The standard InChI is InChI=1S/C19H30N4O2/c1-22-13-15(12-20-22)17(14-10-16(24)11-14)21-18(25)19(6-2-3-7-19)23-8-4-5-9-23/h12-14,16-17,24H,2-11H2,1H3,(H,21,25)/t14?,16?,17-/m1/s1. The van der Waals surface area contributed by atoms with Gasteiger partial charge in [0.25, 0.3) is 0 Å². The van der Waals surface area contributed by atoms with E-state index in [1.165, 1.54) is 12.8 Å². The highest BCUT2D eigenvalue weighted by Gasteiger charge is 2.48. The highest BCUT2D eigenvalue weighted by atomic mass is 16.3. The molecule has 25 heavy (non-hydrogen) atoms. The first-order valence-corrected chi connectivity index (χ1v) is 9.81. The first-order valence-electron chi connectivity index (χ1n) is 9.81. The monoisotopic (exact) mass is 346 g/mol. The summed E-state index contributed by atoms with van der Waals surface area (Å²) in [4.78, 5) is 15.9. The molecular weight excluding hydrogens is 316 g/mol. The van der Waals surface area contributed by atoms with Gasteiger partial charge in [-0.3, -0.25) is 14.4 Å². The second kappa shape index (κ2) is 6.72. The number of hydrogen-bond acceptors (Lipinski definition) is 4. The van der Waals surface area contributed by atoms with Crippen molar-refractivity contribution in [1.29, 1.82) is 0 Å². The summed E-state index contributed by atoms with van der Waals surface area (Å²) in [7, 11) is 1.90. The quantitative estimate of drug-likeness (QED) is 0.852. The third-order valence-corrected chi connectivity index (χ3v) is 6.56. The molecular formula is C19H30N4O2. The molecule has 1 amide bonds. The van der Waals surface area contributed by atoms with Gasteiger partial charge in [-0.15, -0.1) is 0 Å². The molecule has 3 fully saturated rings. The molecule has 2 aliphatic carbocycles. The summed E-state index contributed by atoms with van der Waals surface area (Å²) in [5, 5.41) is 17.4. The van der Waals surface area contributed by atoms with Crippen LogP contribution in [0.5, 0.6) is 0 Å². The molecule has 0 radical (unpaired) electrons. The number of rotatable bonds is 5. The number of aliphatic hydroxyl groups is 1. The fourth-order valence-corrected chi connectivity index (χ4v) is 5.04. The van der Waals surface area contributed by atoms with Crippen molar-refractivity contribution < 1.29 is 9.90 Å². The number of hydrogen-bond donors (Lipinski definition) is 2. The zero-order chi connectivity index (χ0) is 17.4. The Morgan fingerprint density at radius 3 is 2.52 bits per heavy atom. The van der Waals surface area contributed by atoms with E-state index in [1.807, 2.05) is 19.4 Å². The third-order valence-electron chi connectivity index (χ3n) is 6.56. The van der Waals surface area contributed by atoms with E-state index in [0.717, 1.165) is 57.2 Å². The van der Waals surface area contributed by atoms with Gasteiger partial charge in [0.2, 0.25) is 5.91 Å². The van der Waals surface area contributed by atoms with Crippen LogP contribution in [0, 0.1) is 5.92 Å². The average Bonchev–Trinajstić information content (AvgIpc) is 3.29. The molecule has 2 N–H and O–H groups in total. The zero-order valence-electron chi connectivity index (χ0n) is 15.2. The topological polar surface area (TPSA) is 70.4 Å². The first-order chi connectivity index (χ1) is 12.1. The van der Waals surface area contributed by atoms with Crippen LogP contribution in [0.4, 0.5) is 0 Å². The maximum Gasteiger partial charge on any atom is 0.241 e. The van der Waals surface area contributed by atoms with Crippen LogP contribution in [0.1, 0.15) is 63.0 Å². The predicted molar refractivity (Wildman–Crippen MR) is 94.8 cm³/mol. The molecule has 1 atom stereocenters. The van der Waals surface area contributed by atoms with Crippen molar-refractivity contribution in [2.24, 2.45) is 13.0 Å². The summed E-state index contributed by atoms with van der Waals surface area (Å²) in [6, 6.07) is -0.0373. The molecule has 1 aromatic heterocycles. The van der Waals surface area contributed by atoms with Crippen LogP contribution in [0.15, 0.2) is 12.4 Å². The van der Waals surface area contributed by atoms with E-state index in [4.69, 9.17) is 0 Å². The van der Waals surface area contributed by atoms with Gasteiger partial charge in [0.1, 0.15) is 5.54 Å². The van der Waals surface area contributed by atoms with Crippen molar-refractivity contribution in [2.45, 2.75) is 69.1 Å². The minimum absolute atomic E-state index is 0.0373. The molecule has 2 saturated carbocycles. The number of aromatic nitrogens is 2. The Morgan fingerprint density at radius 1 is 1.28 bits per heavy atom. The zero-order valence-corrected chi connectivity index (χ0v) is 15.2. The van der Waals surface area contributed by atoms with E-state index in [1.54, 1.807) is 4.68 Å². The second-order valence-corrected chi connectivity index (χ2v) is 8.22. The molecule has 138 valence electrons. The Hall–Kier alpha value is -1.40. The van der Waals surface area contributed by atoms with E-state index >= 15 is 0 Å². The van der Waals surface area contributed by atoms with Gasteiger partial charge in [0.05, 0.1) is 18.3 Å². The highest BCUT2D eigenvalue weighted by molar-refractivity contribution is 5.87. The lowest BCUT2D eigenvalue weighted by atomic mass is 9.75. The molecule has 4 rings (SSSR count). The van der Waals surface area contributed by atoms with Crippen LogP contribution in [-0.4, -0.2) is 50.4 Å². The molecule has 2 heterocycles. The van der Waals surface area contributed by atoms with Crippen molar-refractivity contribution in [3.8, 4) is 0 Å². The number of nitrogens with zero attached hydrogens (tertiary/aromatic N) is 3. The summed E-state index contributed by atoms with van der Waals surface area (Å²) in [6.07, 6.45) is 11.8. The summed E-state index contributed by atoms with van der Waals surface area (Å²) >= 11 is 0. The van der Waals surface area contributed by atoms with Gasteiger partial charge >= 0.3 is 0 Å². The fourth-order valence-electron chi connectivity index (χ4n) is 5.04. The Labute approximate surface area is 149 Å². The Balaban J connectivity index is 1.54. The Kier molecular flexibility index (Phi) is 4.58. The number of carbonyl (C=O) groups is 1. The minimum atomic E-state index is -0.306. The Morgan fingerprint density at radius 2 is 1.96 bits per heavy atom. The molecule has 3 aliphatic rings. The maximum absolute atomic E-state index is 13.4. The average molecular weight is 346 g/mol. The minimum Gasteiger partial charge on any atom is -0.393 e. The third kappa shape index (κ3) is 3.10. The normalized spacial score (nSPS) is 30.2. The van der Waals surface area contributed by atoms with Gasteiger partial charge in [0.15, 0.2) is 0 Å². The fraction of sp³-hybridized carbons (Fsp3) is 0.789. The van der Waals surface area contributed by atoms with Crippen LogP contribution >= 0.6 is 0 Å². The molecule has 6 nitrogen and oxygen atoms in total. The summed E-state index contributed by atoms with van der Waals surface area (Å²) in [5.74, 6) is 0.502. The summed E-state index contributed by atoms with van der Waals surface area (Å²) in [5.41, 5.74) is 0.751. The van der Waals surface area contributed by atoms with Crippen molar-refractivity contribution >= 4 is 5.91 Å². The lowest BCUT2D eigenvalue weighted by Crippen LogP contribution is -2.58. The van der Waals surface area contributed by atoms with Gasteiger partial charge in [-0.05, 0) is 57.5 Å². The number of carbonyl (C=O) groups excluding carboxylic acids is 1. The van der Waals surface area contributed by atoms with Crippen molar-refractivity contribution in [3.05, 3.63) is 18.0 Å². The number of likely N-dealkylation sites (tertiary alicyclic amines) is 1. The highest BCUT2D eigenvalue weighted by Crippen LogP contribution is 2.41. The molecule has 6 heteroatoms. The molecule has 1 saturated heterocycles. The van der Waals surface area contributed by atoms with E-state index in [2.05, 4.69) is 15.3 Å². The summed E-state index contributed by atoms with van der Waals surface area (Å²) < 4.78 is 1.79. The van der Waals surface area contributed by atoms with E-state index in [9.17, 15) is 9.90 Å². The van der Waals surface area contributed by atoms with Crippen LogP contribution in [-0.2, 0) is 11.8 Å². The number of nitrogens with one attached hydrogen (secondary N) is 1. The summed E-state index contributed by atoms with van der Waals surface area (Å²) in [6.45, 7) is 2.10. The van der Waals surface area contributed by atoms with Crippen molar-refractivity contribution in [3.63, 3.8) is 0 Å². The smallest absolute Gasteiger partial charge is 0.241 e. The van der Waals surface area contributed by atoms with Crippen molar-refractivity contribution in [2.75, 3.05) is 13.1 Å². The van der Waals surface area contributed by atoms with Gasteiger partial charge in [0, 0.05) is 18.8 Å². The molecule has 0 spiro atoms. The molecule has 0 bridgehead atoms. The molecule has 0 aromatic carbocycles. The maximum atomic E-state index is 13.4. The second-order valence-electron chi connectivity index (χ2n) is 8.22. The number of aryl methyl sites for hydroxylation is 1. The van der Waals surface area contributed by atoms with E-state index in [0.29, 0.717) is 5.92 Å². The van der Waals surface area contributed by atoms with Gasteiger partial charge in [-0.2, -0.15) is 5.10 Å². The SMILES string of the molecule is Cn1cc([C@H](NC(=O)C2(N3CCCC3)CCCC2)C2CC(O)C2)cn1. The Bertz CT molecular complexity index is 611. The molecule has 1 aliphatic heterocycles. The lowest BCUT2D eigenvalue weighted by Gasteiger charge is -2.42. The number of aliphatic hydroxyl groups excluding tert-OH is 1. The van der Waals surface area contributed by atoms with Gasteiger partial charge in [-0.1, -0.05) is 12.8 Å². The van der Waals surface area contributed by atoms with Crippen molar-refractivity contribution in [1.82, 2.24) is 20.0 Å². The lowest BCUT2D eigenvalue weighted by molar-refractivity contribution is -0.135. The molecule has 0 unspecified atom stereocenters. The van der Waals surface area contributed by atoms with Gasteiger partial charge in [-0.25, -0.2) is 0 Å². The first kappa shape index (κ1) is 17.0.